The topological polar surface area (TPSA) is 90.3 Å². The van der Waals surface area contributed by atoms with Gasteiger partial charge >= 0.3 is 0 Å². The van der Waals surface area contributed by atoms with Gasteiger partial charge in [0, 0.05) is 12.6 Å². The van der Waals surface area contributed by atoms with E-state index in [-0.39, 0.29) is 22.8 Å². The summed E-state index contributed by atoms with van der Waals surface area (Å²) in [7, 11) is 1.93. The Labute approximate surface area is 197 Å². The number of phenols is 1. The standard InChI is InChI=1S/C27H24N2O5/c1-16-8-10-21(30)19(14-16)29-24(17-6-4-3-5-7-17)23(26(32)27(29)33)25(31)18-9-11-22-20(15-18)28(2)12-13-34-22/h3-11,14-15,24,30-31H,12-13H2,1-2H3/b25-23-. The summed E-state index contributed by atoms with van der Waals surface area (Å²) in [5, 5.41) is 21.9. The van der Waals surface area contributed by atoms with Gasteiger partial charge in [-0.1, -0.05) is 36.4 Å². The summed E-state index contributed by atoms with van der Waals surface area (Å²) < 4.78 is 5.69. The number of ketones is 1. The molecule has 5 rings (SSSR count). The fourth-order valence-electron chi connectivity index (χ4n) is 4.51. The first-order valence-corrected chi connectivity index (χ1v) is 11.0. The number of hydrogen-bond donors (Lipinski definition) is 2. The number of aryl methyl sites for hydroxylation is 1. The normalized spacial score (nSPS) is 19.2. The maximum atomic E-state index is 13.3. The maximum Gasteiger partial charge on any atom is 0.300 e. The van der Waals surface area contributed by atoms with Crippen molar-refractivity contribution in [3.63, 3.8) is 0 Å². The lowest BCUT2D eigenvalue weighted by Gasteiger charge is -2.28. The highest BCUT2D eigenvalue weighted by atomic mass is 16.5. The smallest absolute Gasteiger partial charge is 0.300 e. The van der Waals surface area contributed by atoms with Gasteiger partial charge in [0.25, 0.3) is 11.7 Å². The number of Topliss-reactive ketones (excluding diaryl/α,β-unsaturated/α-hetero) is 1. The minimum Gasteiger partial charge on any atom is -0.507 e. The highest BCUT2D eigenvalue weighted by molar-refractivity contribution is 6.52. The van der Waals surface area contributed by atoms with Crippen molar-refractivity contribution in [2.75, 3.05) is 30.0 Å². The van der Waals surface area contributed by atoms with E-state index in [4.69, 9.17) is 4.74 Å². The SMILES string of the molecule is Cc1ccc(O)c(N2C(=O)C(=O)/C(=C(\O)c3ccc4c(c3)N(C)CCO4)C2c2ccccc2)c1. The first-order chi connectivity index (χ1) is 16.4. The van der Waals surface area contributed by atoms with E-state index in [1.807, 2.05) is 24.9 Å². The van der Waals surface area contributed by atoms with Gasteiger partial charge < -0.3 is 19.8 Å². The molecular weight excluding hydrogens is 432 g/mol. The van der Waals surface area contributed by atoms with Crippen LogP contribution in [0.5, 0.6) is 11.5 Å². The van der Waals surface area contributed by atoms with Gasteiger partial charge in [0.15, 0.2) is 0 Å². The van der Waals surface area contributed by atoms with Crippen LogP contribution in [0.4, 0.5) is 11.4 Å². The summed E-state index contributed by atoms with van der Waals surface area (Å²) in [5.74, 6) is -1.33. The number of likely N-dealkylation sites (N-methyl/N-ethyl adjacent to an activating group) is 1. The number of fused-ring (bicyclic) bond motifs is 1. The number of nitrogens with zero attached hydrogens (tertiary/aromatic N) is 2. The van der Waals surface area contributed by atoms with E-state index in [2.05, 4.69) is 0 Å². The van der Waals surface area contributed by atoms with Gasteiger partial charge in [-0.05, 0) is 48.4 Å². The average Bonchev–Trinajstić information content (AvgIpc) is 3.11. The van der Waals surface area contributed by atoms with Crippen LogP contribution < -0.4 is 14.5 Å². The molecule has 0 aliphatic carbocycles. The Morgan fingerprint density at radius 1 is 1.00 bits per heavy atom. The number of aliphatic hydroxyl groups is 1. The molecule has 1 unspecified atom stereocenters. The summed E-state index contributed by atoms with van der Waals surface area (Å²) in [6, 6.07) is 18.2. The molecule has 2 N–H and O–H groups in total. The van der Waals surface area contributed by atoms with E-state index >= 15 is 0 Å². The highest BCUT2D eigenvalue weighted by Gasteiger charge is 2.47. The number of aliphatic hydroxyl groups excluding tert-OH is 1. The molecule has 172 valence electrons. The molecule has 3 aromatic carbocycles. The number of anilines is 2. The summed E-state index contributed by atoms with van der Waals surface area (Å²) in [6.45, 7) is 3.09. The number of ether oxygens (including phenoxy) is 1. The number of carbonyl (C=O) groups excluding carboxylic acids is 2. The lowest BCUT2D eigenvalue weighted by molar-refractivity contribution is -0.132. The van der Waals surface area contributed by atoms with E-state index in [1.54, 1.807) is 54.6 Å². The molecule has 3 aromatic rings. The molecule has 0 aromatic heterocycles. The fraction of sp³-hybridized carbons (Fsp3) is 0.185. The molecule has 0 bridgehead atoms. The molecule has 0 spiro atoms. The van der Waals surface area contributed by atoms with Crippen molar-refractivity contribution in [2.24, 2.45) is 0 Å². The molecule has 7 heteroatoms. The van der Waals surface area contributed by atoms with Gasteiger partial charge in [-0.2, -0.15) is 0 Å². The Kier molecular flexibility index (Phi) is 5.24. The van der Waals surface area contributed by atoms with Crippen LogP contribution in [-0.2, 0) is 9.59 Å². The number of carbonyl (C=O) groups is 2. The average molecular weight is 456 g/mol. The molecule has 2 heterocycles. The van der Waals surface area contributed by atoms with Gasteiger partial charge in [0.2, 0.25) is 0 Å². The van der Waals surface area contributed by atoms with Crippen molar-refractivity contribution in [3.8, 4) is 11.5 Å². The van der Waals surface area contributed by atoms with E-state index < -0.39 is 17.7 Å². The van der Waals surface area contributed by atoms with Crippen LogP contribution in [0.2, 0.25) is 0 Å². The number of rotatable bonds is 3. The zero-order valence-electron chi connectivity index (χ0n) is 18.9. The zero-order chi connectivity index (χ0) is 24.0. The molecule has 34 heavy (non-hydrogen) atoms. The molecule has 1 atom stereocenters. The third-order valence-electron chi connectivity index (χ3n) is 6.28. The summed E-state index contributed by atoms with van der Waals surface area (Å²) in [5.41, 5.74) is 2.84. The van der Waals surface area contributed by atoms with Gasteiger partial charge in [0.1, 0.15) is 23.9 Å². The fourth-order valence-corrected chi connectivity index (χ4v) is 4.51. The van der Waals surface area contributed by atoms with E-state index in [0.717, 1.165) is 11.3 Å². The Morgan fingerprint density at radius 3 is 2.53 bits per heavy atom. The number of hydrogen-bond acceptors (Lipinski definition) is 6. The monoisotopic (exact) mass is 456 g/mol. The van der Waals surface area contributed by atoms with Crippen molar-refractivity contribution in [1.29, 1.82) is 0 Å². The predicted octanol–water partition coefficient (Wildman–Crippen LogP) is 4.16. The molecule has 7 nitrogen and oxygen atoms in total. The molecule has 2 aliphatic heterocycles. The highest BCUT2D eigenvalue weighted by Crippen LogP contribution is 2.45. The summed E-state index contributed by atoms with van der Waals surface area (Å²) in [6.07, 6.45) is 0. The molecule has 1 fully saturated rings. The number of phenolic OH excluding ortho intramolecular Hbond substituents is 1. The van der Waals surface area contributed by atoms with Crippen LogP contribution in [0.3, 0.4) is 0 Å². The lowest BCUT2D eigenvalue weighted by atomic mass is 9.94. The number of amides is 1. The predicted molar refractivity (Wildman–Crippen MR) is 129 cm³/mol. The van der Waals surface area contributed by atoms with Gasteiger partial charge in [-0.25, -0.2) is 0 Å². The first-order valence-electron chi connectivity index (χ1n) is 11.0. The van der Waals surface area contributed by atoms with Crippen molar-refractivity contribution >= 4 is 28.8 Å². The van der Waals surface area contributed by atoms with Crippen LogP contribution in [0.15, 0.2) is 72.3 Å². The third-order valence-corrected chi connectivity index (χ3v) is 6.28. The Hall–Kier alpha value is -4.26. The van der Waals surface area contributed by atoms with Crippen molar-refractivity contribution in [1.82, 2.24) is 0 Å². The first kappa shape index (κ1) is 21.6. The third kappa shape index (κ3) is 3.46. The molecule has 0 saturated carbocycles. The van der Waals surface area contributed by atoms with E-state index in [9.17, 15) is 19.8 Å². The molecule has 2 aliphatic rings. The van der Waals surface area contributed by atoms with Crippen molar-refractivity contribution in [3.05, 3.63) is 89.0 Å². The Balaban J connectivity index is 1.72. The summed E-state index contributed by atoms with van der Waals surface area (Å²) in [4.78, 5) is 29.9. The van der Waals surface area contributed by atoms with Gasteiger partial charge in [-0.15, -0.1) is 0 Å². The van der Waals surface area contributed by atoms with Crippen LogP contribution in [0.25, 0.3) is 5.76 Å². The lowest BCUT2D eigenvalue weighted by Crippen LogP contribution is -2.29. The van der Waals surface area contributed by atoms with Crippen LogP contribution in [0.1, 0.15) is 22.7 Å². The second kappa shape index (κ2) is 8.26. The van der Waals surface area contributed by atoms with Crippen molar-refractivity contribution < 1.29 is 24.5 Å². The van der Waals surface area contributed by atoms with Crippen molar-refractivity contribution in [2.45, 2.75) is 13.0 Å². The molecule has 1 saturated heterocycles. The number of benzene rings is 3. The van der Waals surface area contributed by atoms with Crippen LogP contribution in [0, 0.1) is 6.92 Å². The minimum absolute atomic E-state index is 0.0311. The quantitative estimate of drug-likeness (QED) is 0.350. The Bertz CT molecular complexity index is 1330. The second-order valence-electron chi connectivity index (χ2n) is 8.52. The minimum atomic E-state index is -0.904. The van der Waals surface area contributed by atoms with Gasteiger partial charge in [-0.3, -0.25) is 14.5 Å². The molecule has 1 amide bonds. The maximum absolute atomic E-state index is 13.3. The van der Waals surface area contributed by atoms with E-state index in [1.165, 1.54) is 11.0 Å². The van der Waals surface area contributed by atoms with E-state index in [0.29, 0.717) is 30.0 Å². The second-order valence-corrected chi connectivity index (χ2v) is 8.52. The van der Waals surface area contributed by atoms with Crippen LogP contribution >= 0.6 is 0 Å². The zero-order valence-corrected chi connectivity index (χ0v) is 18.9. The largest absolute Gasteiger partial charge is 0.507 e. The molecule has 0 radical (unpaired) electrons. The molecular formula is C27H24N2O5. The van der Waals surface area contributed by atoms with Crippen LogP contribution in [-0.4, -0.2) is 42.1 Å². The van der Waals surface area contributed by atoms with Gasteiger partial charge in [0.05, 0.1) is 29.5 Å². The number of aromatic hydroxyl groups is 1. The summed E-state index contributed by atoms with van der Waals surface area (Å²) >= 11 is 0. The Morgan fingerprint density at radius 2 is 1.76 bits per heavy atom.